The van der Waals surface area contributed by atoms with Crippen LogP contribution in [0.4, 0.5) is 5.69 Å². The molecule has 1 aliphatic rings. The van der Waals surface area contributed by atoms with Gasteiger partial charge in [0.25, 0.3) is 0 Å². The maximum absolute atomic E-state index is 12.4. The largest absolute Gasteiger partial charge is 0.371 e. The number of aryl methyl sites for hydroxylation is 2. The van der Waals surface area contributed by atoms with E-state index in [9.17, 15) is 4.79 Å². The van der Waals surface area contributed by atoms with E-state index in [1.54, 1.807) is 0 Å². The number of benzene rings is 2. The SMILES string of the molecule is Cn1c(CCC(=O)NCc2ccccc2N2CCCC2)nc2cc(Cl)ccc21. The Bertz CT molecular complexity index is 991. The van der Waals surface area contributed by atoms with E-state index in [1.807, 2.05) is 35.9 Å². The van der Waals surface area contributed by atoms with Crippen molar-refractivity contribution in [3.05, 3.63) is 58.9 Å². The molecule has 1 saturated heterocycles. The topological polar surface area (TPSA) is 50.2 Å². The van der Waals surface area contributed by atoms with Crippen molar-refractivity contribution in [2.24, 2.45) is 7.05 Å². The molecular weight excluding hydrogens is 372 g/mol. The van der Waals surface area contributed by atoms with Gasteiger partial charge in [0, 0.05) is 50.2 Å². The Morgan fingerprint density at radius 3 is 2.79 bits per heavy atom. The van der Waals surface area contributed by atoms with Gasteiger partial charge in [0.2, 0.25) is 5.91 Å². The summed E-state index contributed by atoms with van der Waals surface area (Å²) in [6.45, 7) is 2.76. The molecule has 0 spiro atoms. The zero-order valence-electron chi connectivity index (χ0n) is 16.1. The molecule has 2 aromatic carbocycles. The molecule has 0 atom stereocenters. The summed E-state index contributed by atoms with van der Waals surface area (Å²) in [5.74, 6) is 0.936. The standard InChI is InChI=1S/C22H25ClN4O/c1-26-20-9-8-17(23)14-18(20)25-21(26)10-11-22(28)24-15-16-6-2-3-7-19(16)27-12-4-5-13-27/h2-3,6-9,14H,4-5,10-13,15H2,1H3,(H,24,28). The molecule has 1 aliphatic heterocycles. The maximum atomic E-state index is 12.4. The van der Waals surface area contributed by atoms with E-state index in [4.69, 9.17) is 11.6 Å². The Morgan fingerprint density at radius 1 is 1.18 bits per heavy atom. The molecule has 4 rings (SSSR count). The van der Waals surface area contributed by atoms with Crippen LogP contribution in [-0.4, -0.2) is 28.5 Å². The highest BCUT2D eigenvalue weighted by Crippen LogP contribution is 2.24. The van der Waals surface area contributed by atoms with Gasteiger partial charge in [0.05, 0.1) is 11.0 Å². The van der Waals surface area contributed by atoms with Crippen molar-refractivity contribution in [3.8, 4) is 0 Å². The van der Waals surface area contributed by atoms with Crippen LogP contribution in [0.1, 0.15) is 30.7 Å². The van der Waals surface area contributed by atoms with Crippen LogP contribution in [0.25, 0.3) is 11.0 Å². The van der Waals surface area contributed by atoms with Gasteiger partial charge < -0.3 is 14.8 Å². The summed E-state index contributed by atoms with van der Waals surface area (Å²) in [6.07, 6.45) is 3.49. The average molecular weight is 397 g/mol. The number of hydrogen-bond acceptors (Lipinski definition) is 3. The van der Waals surface area contributed by atoms with Crippen molar-refractivity contribution in [2.45, 2.75) is 32.2 Å². The molecule has 0 unspecified atom stereocenters. The molecule has 3 aromatic rings. The van der Waals surface area contributed by atoms with E-state index in [0.29, 0.717) is 24.4 Å². The number of nitrogens with one attached hydrogen (secondary N) is 1. The monoisotopic (exact) mass is 396 g/mol. The fourth-order valence-electron chi connectivity index (χ4n) is 3.88. The number of fused-ring (bicyclic) bond motifs is 1. The number of nitrogens with zero attached hydrogens (tertiary/aromatic N) is 3. The Kier molecular flexibility index (Phi) is 5.53. The first-order valence-electron chi connectivity index (χ1n) is 9.82. The molecule has 5 nitrogen and oxygen atoms in total. The molecule has 2 heterocycles. The minimum Gasteiger partial charge on any atom is -0.371 e. The lowest BCUT2D eigenvalue weighted by Crippen LogP contribution is -2.26. The third-order valence-corrected chi connectivity index (χ3v) is 5.66. The summed E-state index contributed by atoms with van der Waals surface area (Å²) >= 11 is 6.05. The van der Waals surface area contributed by atoms with Crippen LogP contribution in [0.2, 0.25) is 5.02 Å². The zero-order valence-corrected chi connectivity index (χ0v) is 16.9. The first kappa shape index (κ1) is 18.8. The maximum Gasteiger partial charge on any atom is 0.220 e. The molecule has 0 radical (unpaired) electrons. The number of carbonyl (C=O) groups is 1. The number of carbonyl (C=O) groups excluding carboxylic acids is 1. The summed E-state index contributed by atoms with van der Waals surface area (Å²) < 4.78 is 2.03. The number of para-hydroxylation sites is 1. The second-order valence-corrected chi connectivity index (χ2v) is 7.76. The van der Waals surface area contributed by atoms with Crippen molar-refractivity contribution < 1.29 is 4.79 Å². The predicted molar refractivity (Wildman–Crippen MR) is 114 cm³/mol. The second-order valence-electron chi connectivity index (χ2n) is 7.32. The first-order valence-corrected chi connectivity index (χ1v) is 10.2. The van der Waals surface area contributed by atoms with Gasteiger partial charge in [-0.2, -0.15) is 0 Å². The van der Waals surface area contributed by atoms with E-state index in [1.165, 1.54) is 24.1 Å². The summed E-state index contributed by atoms with van der Waals surface area (Å²) in [5, 5.41) is 3.74. The number of imidazole rings is 1. The van der Waals surface area contributed by atoms with E-state index in [0.717, 1.165) is 29.9 Å². The molecule has 1 amide bonds. The van der Waals surface area contributed by atoms with Gasteiger partial charge in [0.1, 0.15) is 5.82 Å². The van der Waals surface area contributed by atoms with E-state index >= 15 is 0 Å². The van der Waals surface area contributed by atoms with Gasteiger partial charge in [-0.05, 0) is 42.7 Å². The third kappa shape index (κ3) is 3.99. The second kappa shape index (κ2) is 8.23. The highest BCUT2D eigenvalue weighted by atomic mass is 35.5. The lowest BCUT2D eigenvalue weighted by molar-refractivity contribution is -0.121. The number of rotatable bonds is 6. The van der Waals surface area contributed by atoms with Gasteiger partial charge in [-0.1, -0.05) is 29.8 Å². The minimum absolute atomic E-state index is 0.0429. The highest BCUT2D eigenvalue weighted by molar-refractivity contribution is 6.31. The van der Waals surface area contributed by atoms with Crippen molar-refractivity contribution in [1.82, 2.24) is 14.9 Å². The molecule has 0 aliphatic carbocycles. The van der Waals surface area contributed by atoms with E-state index < -0.39 is 0 Å². The summed E-state index contributed by atoms with van der Waals surface area (Å²) in [4.78, 5) is 19.5. The van der Waals surface area contributed by atoms with Gasteiger partial charge in [-0.25, -0.2) is 4.98 Å². The molecule has 1 N–H and O–H groups in total. The van der Waals surface area contributed by atoms with Crippen LogP contribution in [-0.2, 0) is 24.8 Å². The number of aromatic nitrogens is 2. The number of halogens is 1. The van der Waals surface area contributed by atoms with Crippen LogP contribution in [0.15, 0.2) is 42.5 Å². The van der Waals surface area contributed by atoms with E-state index in [2.05, 4.69) is 33.4 Å². The van der Waals surface area contributed by atoms with Gasteiger partial charge >= 0.3 is 0 Å². The van der Waals surface area contributed by atoms with Gasteiger partial charge in [0.15, 0.2) is 0 Å². The number of hydrogen-bond donors (Lipinski definition) is 1. The van der Waals surface area contributed by atoms with Crippen molar-refractivity contribution >= 4 is 34.2 Å². The lowest BCUT2D eigenvalue weighted by atomic mass is 10.1. The Balaban J connectivity index is 1.36. The van der Waals surface area contributed by atoms with Gasteiger partial charge in [-0.3, -0.25) is 4.79 Å². The third-order valence-electron chi connectivity index (χ3n) is 5.43. The lowest BCUT2D eigenvalue weighted by Gasteiger charge is -2.21. The summed E-state index contributed by atoms with van der Waals surface area (Å²) in [5.41, 5.74) is 4.31. The molecule has 6 heteroatoms. The highest BCUT2D eigenvalue weighted by Gasteiger charge is 2.16. The Morgan fingerprint density at radius 2 is 1.96 bits per heavy atom. The van der Waals surface area contributed by atoms with Crippen LogP contribution in [0.5, 0.6) is 0 Å². The quantitative estimate of drug-likeness (QED) is 0.683. The number of amides is 1. The minimum atomic E-state index is 0.0429. The smallest absolute Gasteiger partial charge is 0.220 e. The van der Waals surface area contributed by atoms with Crippen LogP contribution < -0.4 is 10.2 Å². The van der Waals surface area contributed by atoms with Crippen molar-refractivity contribution in [2.75, 3.05) is 18.0 Å². The van der Waals surface area contributed by atoms with E-state index in [-0.39, 0.29) is 5.91 Å². The van der Waals surface area contributed by atoms with Crippen molar-refractivity contribution in [1.29, 1.82) is 0 Å². The zero-order chi connectivity index (χ0) is 19.5. The predicted octanol–water partition coefficient (Wildman–Crippen LogP) is 4.08. The molecule has 0 saturated carbocycles. The summed E-state index contributed by atoms with van der Waals surface area (Å²) in [6, 6.07) is 14.0. The Labute approximate surface area is 170 Å². The normalized spacial score (nSPS) is 14.0. The fourth-order valence-corrected chi connectivity index (χ4v) is 4.05. The number of anilines is 1. The Hall–Kier alpha value is -2.53. The first-order chi connectivity index (χ1) is 13.6. The van der Waals surface area contributed by atoms with Gasteiger partial charge in [-0.15, -0.1) is 0 Å². The molecule has 0 bridgehead atoms. The molecular formula is C22H25ClN4O. The van der Waals surface area contributed by atoms with Crippen LogP contribution in [0.3, 0.4) is 0 Å². The molecule has 1 fully saturated rings. The average Bonchev–Trinajstić information content (AvgIpc) is 3.33. The molecule has 1 aromatic heterocycles. The van der Waals surface area contributed by atoms with Crippen LogP contribution in [0, 0.1) is 0 Å². The summed E-state index contributed by atoms with van der Waals surface area (Å²) in [7, 11) is 1.97. The van der Waals surface area contributed by atoms with Crippen LogP contribution >= 0.6 is 11.6 Å². The fraction of sp³-hybridized carbons (Fsp3) is 0.364. The van der Waals surface area contributed by atoms with Crippen molar-refractivity contribution in [3.63, 3.8) is 0 Å². The molecule has 28 heavy (non-hydrogen) atoms. The molecule has 146 valence electrons.